The highest BCUT2D eigenvalue weighted by Crippen LogP contribution is 2.15. The van der Waals surface area contributed by atoms with Gasteiger partial charge in [0.1, 0.15) is 5.82 Å². The first kappa shape index (κ1) is 20.7. The van der Waals surface area contributed by atoms with E-state index in [2.05, 4.69) is 20.6 Å². The van der Waals surface area contributed by atoms with Crippen LogP contribution in [-0.2, 0) is 22.6 Å². The minimum Gasteiger partial charge on any atom is -0.475 e. The summed E-state index contributed by atoms with van der Waals surface area (Å²) in [5.74, 6) is -2.28. The maximum absolute atomic E-state index is 11.8. The molecule has 0 aliphatic rings. The topological polar surface area (TPSA) is 121 Å². The van der Waals surface area contributed by atoms with Gasteiger partial charge in [-0.2, -0.15) is 0 Å². The van der Waals surface area contributed by atoms with Crippen molar-refractivity contribution in [3.8, 4) is 0 Å². The van der Waals surface area contributed by atoms with E-state index < -0.39 is 11.8 Å². The Bertz CT molecular complexity index is 1100. The number of urea groups is 1. The van der Waals surface area contributed by atoms with Gasteiger partial charge in [-0.05, 0) is 23.3 Å². The molecule has 0 spiro atoms. The van der Waals surface area contributed by atoms with Crippen LogP contribution in [0.1, 0.15) is 17.0 Å². The zero-order valence-electron chi connectivity index (χ0n) is 16.0. The largest absolute Gasteiger partial charge is 0.475 e. The van der Waals surface area contributed by atoms with E-state index in [0.717, 1.165) is 16.5 Å². The maximum Gasteiger partial charge on any atom is 0.372 e. The van der Waals surface area contributed by atoms with Crippen molar-refractivity contribution in [2.24, 2.45) is 0 Å². The lowest BCUT2D eigenvalue weighted by molar-refractivity contribution is -0.148. The fraction of sp³-hybridized carbons (Fsp3) is 0.136. The molecular formula is C22H20N4O4. The second-order valence-electron chi connectivity index (χ2n) is 6.46. The van der Waals surface area contributed by atoms with E-state index in [1.807, 2.05) is 54.6 Å². The molecule has 0 unspecified atom stereocenters. The van der Waals surface area contributed by atoms with Crippen LogP contribution in [0.3, 0.4) is 0 Å². The molecule has 1 aromatic heterocycles. The molecular weight excluding hydrogens is 384 g/mol. The van der Waals surface area contributed by atoms with E-state index in [-0.39, 0.29) is 18.3 Å². The number of aliphatic carboxylic acids is 1. The van der Waals surface area contributed by atoms with Crippen LogP contribution in [0.25, 0.3) is 17.0 Å². The Balaban J connectivity index is 1.51. The van der Waals surface area contributed by atoms with Gasteiger partial charge in [0.25, 0.3) is 0 Å². The third kappa shape index (κ3) is 5.96. The Labute approximate surface area is 172 Å². The number of nitrogens with one attached hydrogen (secondary N) is 2. The Morgan fingerprint density at radius 1 is 1.03 bits per heavy atom. The predicted molar refractivity (Wildman–Crippen MR) is 112 cm³/mol. The molecule has 0 fully saturated rings. The van der Waals surface area contributed by atoms with Crippen LogP contribution < -0.4 is 10.6 Å². The number of rotatable bonds is 8. The average Bonchev–Trinajstić information content (AvgIpc) is 2.76. The van der Waals surface area contributed by atoms with E-state index in [9.17, 15) is 14.4 Å². The van der Waals surface area contributed by atoms with E-state index in [1.165, 1.54) is 0 Å². The van der Waals surface area contributed by atoms with Gasteiger partial charge in [-0.15, -0.1) is 0 Å². The summed E-state index contributed by atoms with van der Waals surface area (Å²) in [6, 6.07) is 14.9. The Kier molecular flexibility index (Phi) is 6.83. The van der Waals surface area contributed by atoms with Gasteiger partial charge in [0.05, 0.1) is 11.9 Å². The molecule has 3 N–H and O–H groups in total. The first-order chi connectivity index (χ1) is 14.5. The summed E-state index contributed by atoms with van der Waals surface area (Å²) >= 11 is 0. The number of ketones is 1. The van der Waals surface area contributed by atoms with Crippen molar-refractivity contribution >= 4 is 34.8 Å². The van der Waals surface area contributed by atoms with Crippen LogP contribution in [-0.4, -0.2) is 39.4 Å². The number of hydrogen-bond acceptors (Lipinski definition) is 5. The number of nitrogens with zero attached hydrogens (tertiary/aromatic N) is 2. The summed E-state index contributed by atoms with van der Waals surface area (Å²) in [4.78, 5) is 42.0. The van der Waals surface area contributed by atoms with E-state index in [1.54, 1.807) is 12.3 Å². The quantitative estimate of drug-likeness (QED) is 0.496. The number of fused-ring (bicyclic) bond motifs is 1. The number of carboxylic acids is 1. The first-order valence-electron chi connectivity index (χ1n) is 9.25. The SMILES string of the molecule is O=C(NC/C=C/c1ccc2nc(CC(=O)C(=O)O)ncc2c1)NCc1ccccc1. The fourth-order valence-electron chi connectivity index (χ4n) is 2.69. The molecule has 0 radical (unpaired) electrons. The lowest BCUT2D eigenvalue weighted by Crippen LogP contribution is -2.34. The lowest BCUT2D eigenvalue weighted by atomic mass is 10.1. The summed E-state index contributed by atoms with van der Waals surface area (Å²) < 4.78 is 0. The molecule has 30 heavy (non-hydrogen) atoms. The summed E-state index contributed by atoms with van der Waals surface area (Å²) in [7, 11) is 0. The number of hydrogen-bond donors (Lipinski definition) is 3. The van der Waals surface area contributed by atoms with Crippen LogP contribution in [0.5, 0.6) is 0 Å². The highest BCUT2D eigenvalue weighted by Gasteiger charge is 2.14. The number of aromatic nitrogens is 2. The molecule has 0 atom stereocenters. The lowest BCUT2D eigenvalue weighted by Gasteiger charge is -2.06. The minimum absolute atomic E-state index is 0.170. The molecule has 3 rings (SSSR count). The van der Waals surface area contributed by atoms with Gasteiger partial charge in [0, 0.05) is 24.7 Å². The van der Waals surface area contributed by atoms with Crippen LogP contribution in [0.15, 0.2) is 60.8 Å². The third-order valence-corrected chi connectivity index (χ3v) is 4.20. The highest BCUT2D eigenvalue weighted by molar-refractivity contribution is 6.33. The highest BCUT2D eigenvalue weighted by atomic mass is 16.4. The van der Waals surface area contributed by atoms with Crippen molar-refractivity contribution in [2.75, 3.05) is 6.54 Å². The predicted octanol–water partition coefficient (Wildman–Crippen LogP) is 2.34. The van der Waals surface area contributed by atoms with Gasteiger partial charge >= 0.3 is 12.0 Å². The van der Waals surface area contributed by atoms with Crippen LogP contribution in [0, 0.1) is 0 Å². The van der Waals surface area contributed by atoms with Crippen LogP contribution >= 0.6 is 0 Å². The Morgan fingerprint density at radius 3 is 2.60 bits per heavy atom. The second-order valence-corrected chi connectivity index (χ2v) is 6.46. The molecule has 2 aromatic carbocycles. The van der Waals surface area contributed by atoms with Crippen molar-refractivity contribution in [2.45, 2.75) is 13.0 Å². The molecule has 0 aliphatic carbocycles. The Morgan fingerprint density at radius 2 is 1.83 bits per heavy atom. The molecule has 0 bridgehead atoms. The summed E-state index contributed by atoms with van der Waals surface area (Å²) in [6.07, 6.45) is 4.90. The number of Topliss-reactive ketones (excluding diaryl/α,β-unsaturated/α-hetero) is 1. The number of carbonyl (C=O) groups excluding carboxylic acids is 2. The van der Waals surface area contributed by atoms with Gasteiger partial charge in [0.15, 0.2) is 0 Å². The van der Waals surface area contributed by atoms with Crippen molar-refractivity contribution in [1.29, 1.82) is 0 Å². The molecule has 1 heterocycles. The minimum atomic E-state index is -1.50. The smallest absolute Gasteiger partial charge is 0.372 e. The molecule has 2 amide bonds. The zero-order valence-corrected chi connectivity index (χ0v) is 16.0. The standard InChI is InChI=1S/C22H20N4O4/c27-19(21(28)29)12-20-24-14-17-11-15(8-9-18(17)26-20)7-4-10-23-22(30)25-13-16-5-2-1-3-6-16/h1-9,11,14H,10,12-13H2,(H,28,29)(H2,23,25,30)/b7-4+. The molecule has 0 aliphatic heterocycles. The van der Waals surface area contributed by atoms with Gasteiger partial charge in [-0.25, -0.2) is 19.6 Å². The monoisotopic (exact) mass is 404 g/mol. The normalized spacial score (nSPS) is 10.8. The molecule has 8 heteroatoms. The van der Waals surface area contributed by atoms with E-state index in [0.29, 0.717) is 18.6 Å². The average molecular weight is 404 g/mol. The fourth-order valence-corrected chi connectivity index (χ4v) is 2.69. The van der Waals surface area contributed by atoms with E-state index in [4.69, 9.17) is 5.11 Å². The summed E-state index contributed by atoms with van der Waals surface area (Å²) in [6.45, 7) is 0.826. The molecule has 0 saturated carbocycles. The van der Waals surface area contributed by atoms with E-state index >= 15 is 0 Å². The molecule has 152 valence electrons. The van der Waals surface area contributed by atoms with Crippen molar-refractivity contribution in [3.63, 3.8) is 0 Å². The number of amides is 2. The number of carboxylic acid groups (broad SMARTS) is 1. The maximum atomic E-state index is 11.8. The Hall–Kier alpha value is -4.07. The van der Waals surface area contributed by atoms with Crippen LogP contribution in [0.2, 0.25) is 0 Å². The number of benzene rings is 2. The molecule has 3 aromatic rings. The van der Waals surface area contributed by atoms with Crippen LogP contribution in [0.4, 0.5) is 4.79 Å². The number of carbonyl (C=O) groups is 3. The molecule has 0 saturated heterocycles. The molecule has 8 nitrogen and oxygen atoms in total. The second kappa shape index (κ2) is 9.92. The van der Waals surface area contributed by atoms with Crippen molar-refractivity contribution in [1.82, 2.24) is 20.6 Å². The van der Waals surface area contributed by atoms with Gasteiger partial charge in [-0.3, -0.25) is 4.79 Å². The van der Waals surface area contributed by atoms with Gasteiger partial charge in [-0.1, -0.05) is 48.6 Å². The van der Waals surface area contributed by atoms with Gasteiger partial charge in [0.2, 0.25) is 5.78 Å². The first-order valence-corrected chi connectivity index (χ1v) is 9.25. The zero-order chi connectivity index (χ0) is 21.3. The summed E-state index contributed by atoms with van der Waals surface area (Å²) in [5, 5.41) is 15.0. The summed E-state index contributed by atoms with van der Waals surface area (Å²) in [5.41, 5.74) is 2.54. The van der Waals surface area contributed by atoms with Crippen molar-refractivity contribution < 1.29 is 19.5 Å². The van der Waals surface area contributed by atoms with Gasteiger partial charge < -0.3 is 15.7 Å². The third-order valence-electron chi connectivity index (χ3n) is 4.20. The van der Waals surface area contributed by atoms with Crippen molar-refractivity contribution in [3.05, 3.63) is 77.8 Å².